The molecule has 1 N–H and O–H groups in total. The van der Waals surface area contributed by atoms with Crippen molar-refractivity contribution in [2.24, 2.45) is 0 Å². The Balaban J connectivity index is 2.46. The predicted molar refractivity (Wildman–Crippen MR) is 71.1 cm³/mol. The van der Waals surface area contributed by atoms with Gasteiger partial charge in [0.25, 0.3) is 0 Å². The number of hydrogen-bond acceptors (Lipinski definition) is 4. The molecule has 4 heteroatoms. The molecule has 16 heavy (non-hydrogen) atoms. The molecule has 0 amide bonds. The van der Waals surface area contributed by atoms with Crippen molar-refractivity contribution in [2.45, 2.75) is 33.2 Å². The van der Waals surface area contributed by atoms with E-state index in [-0.39, 0.29) is 0 Å². The molecule has 0 bridgehead atoms. The Hall–Kier alpha value is -0.450. The zero-order valence-corrected chi connectivity index (χ0v) is 11.6. The minimum atomic E-state index is 0.416. The Kier molecular flexibility index (Phi) is 5.95. The van der Waals surface area contributed by atoms with Gasteiger partial charge in [-0.3, -0.25) is 0 Å². The van der Waals surface area contributed by atoms with Crippen LogP contribution >= 0.6 is 11.3 Å². The Morgan fingerprint density at radius 1 is 1.44 bits per heavy atom. The summed E-state index contributed by atoms with van der Waals surface area (Å²) < 4.78 is 0. The van der Waals surface area contributed by atoms with Gasteiger partial charge in [0.2, 0.25) is 0 Å². The second-order valence-corrected chi connectivity index (χ2v) is 5.09. The molecule has 1 aromatic rings. The van der Waals surface area contributed by atoms with Crippen LogP contribution < -0.4 is 5.32 Å². The molecular weight excluding hydrogens is 218 g/mol. The minimum Gasteiger partial charge on any atom is -0.312 e. The molecule has 1 heterocycles. The van der Waals surface area contributed by atoms with E-state index in [1.165, 1.54) is 9.88 Å². The summed E-state index contributed by atoms with van der Waals surface area (Å²) >= 11 is 1.83. The second kappa shape index (κ2) is 6.99. The van der Waals surface area contributed by atoms with Gasteiger partial charge < -0.3 is 10.2 Å². The summed E-state index contributed by atoms with van der Waals surface area (Å²) in [5.74, 6) is 0. The third-order valence-electron chi connectivity index (χ3n) is 2.97. The summed E-state index contributed by atoms with van der Waals surface area (Å²) in [7, 11) is 1.99. The third kappa shape index (κ3) is 3.85. The molecule has 3 nitrogen and oxygen atoms in total. The van der Waals surface area contributed by atoms with E-state index in [9.17, 15) is 0 Å². The van der Waals surface area contributed by atoms with Gasteiger partial charge in [-0.25, -0.2) is 4.98 Å². The SMILES string of the molecule is CCN(CC)CCc1ncc(C(C)NC)s1. The summed E-state index contributed by atoms with van der Waals surface area (Å²) in [4.78, 5) is 8.24. The van der Waals surface area contributed by atoms with E-state index >= 15 is 0 Å². The number of nitrogens with one attached hydrogen (secondary N) is 1. The van der Waals surface area contributed by atoms with E-state index in [2.05, 4.69) is 36.0 Å². The average Bonchev–Trinajstić information content (AvgIpc) is 2.78. The molecule has 0 radical (unpaired) electrons. The lowest BCUT2D eigenvalue weighted by atomic mass is 10.3. The fourth-order valence-corrected chi connectivity index (χ4v) is 2.55. The van der Waals surface area contributed by atoms with Gasteiger partial charge in [0.15, 0.2) is 0 Å². The van der Waals surface area contributed by atoms with Gasteiger partial charge in [-0.05, 0) is 27.1 Å². The number of aromatic nitrogens is 1. The Morgan fingerprint density at radius 3 is 2.69 bits per heavy atom. The van der Waals surface area contributed by atoms with Crippen LogP contribution in [0.5, 0.6) is 0 Å². The van der Waals surface area contributed by atoms with Gasteiger partial charge in [0.1, 0.15) is 0 Å². The first-order valence-corrected chi connectivity index (χ1v) is 6.87. The van der Waals surface area contributed by atoms with E-state index < -0.39 is 0 Å². The summed E-state index contributed by atoms with van der Waals surface area (Å²) in [6.07, 6.45) is 3.08. The minimum absolute atomic E-state index is 0.416. The van der Waals surface area contributed by atoms with Gasteiger partial charge in [0.05, 0.1) is 5.01 Å². The highest BCUT2D eigenvalue weighted by Crippen LogP contribution is 2.20. The molecule has 0 fully saturated rings. The van der Waals surface area contributed by atoms with Crippen molar-refractivity contribution >= 4 is 11.3 Å². The molecule has 0 spiro atoms. The van der Waals surface area contributed by atoms with Crippen LogP contribution in [0.3, 0.4) is 0 Å². The first kappa shape index (κ1) is 13.6. The van der Waals surface area contributed by atoms with Crippen LogP contribution in [0.15, 0.2) is 6.20 Å². The molecule has 92 valence electrons. The number of thiazole rings is 1. The fraction of sp³-hybridized carbons (Fsp3) is 0.750. The lowest BCUT2D eigenvalue weighted by Gasteiger charge is -2.16. The Morgan fingerprint density at radius 2 is 2.12 bits per heavy atom. The second-order valence-electron chi connectivity index (χ2n) is 3.94. The van der Waals surface area contributed by atoms with Crippen LogP contribution in [0, 0.1) is 0 Å². The first-order valence-electron chi connectivity index (χ1n) is 6.05. The smallest absolute Gasteiger partial charge is 0.0941 e. The van der Waals surface area contributed by atoms with Crippen molar-refractivity contribution in [1.82, 2.24) is 15.2 Å². The lowest BCUT2D eigenvalue weighted by molar-refractivity contribution is 0.308. The summed E-state index contributed by atoms with van der Waals surface area (Å²) in [6, 6.07) is 0.416. The van der Waals surface area contributed by atoms with Crippen LogP contribution in [0.25, 0.3) is 0 Å². The molecule has 1 atom stereocenters. The molecule has 0 aliphatic rings. The van der Waals surface area contributed by atoms with Gasteiger partial charge in [-0.15, -0.1) is 11.3 Å². The summed E-state index contributed by atoms with van der Waals surface area (Å²) in [5, 5.41) is 4.50. The molecule has 0 saturated heterocycles. The van der Waals surface area contributed by atoms with E-state index in [0.29, 0.717) is 6.04 Å². The van der Waals surface area contributed by atoms with Gasteiger partial charge >= 0.3 is 0 Å². The maximum Gasteiger partial charge on any atom is 0.0941 e. The number of hydrogen-bond donors (Lipinski definition) is 1. The van der Waals surface area contributed by atoms with Gasteiger partial charge in [-0.1, -0.05) is 13.8 Å². The molecule has 1 rings (SSSR count). The quantitative estimate of drug-likeness (QED) is 0.794. The largest absolute Gasteiger partial charge is 0.312 e. The topological polar surface area (TPSA) is 28.2 Å². The Labute approximate surface area is 103 Å². The Bertz CT molecular complexity index is 294. The molecule has 0 aliphatic heterocycles. The van der Waals surface area contributed by atoms with Crippen molar-refractivity contribution < 1.29 is 0 Å². The van der Waals surface area contributed by atoms with Crippen molar-refractivity contribution in [1.29, 1.82) is 0 Å². The summed E-state index contributed by atoms with van der Waals surface area (Å²) in [6.45, 7) is 9.96. The molecular formula is C12H23N3S. The van der Waals surface area contributed by atoms with Crippen LogP contribution in [0.4, 0.5) is 0 Å². The number of likely N-dealkylation sites (N-methyl/N-ethyl adjacent to an activating group) is 1. The van der Waals surface area contributed by atoms with Crippen LogP contribution in [-0.2, 0) is 6.42 Å². The highest BCUT2D eigenvalue weighted by molar-refractivity contribution is 7.11. The zero-order chi connectivity index (χ0) is 12.0. The first-order chi connectivity index (χ1) is 7.71. The lowest BCUT2D eigenvalue weighted by Crippen LogP contribution is -2.25. The monoisotopic (exact) mass is 241 g/mol. The standard InChI is InChI=1S/C12H23N3S/c1-5-15(6-2)8-7-12-14-9-11(16-12)10(3)13-4/h9-10,13H,5-8H2,1-4H3. The van der Waals surface area contributed by atoms with E-state index in [4.69, 9.17) is 0 Å². The number of nitrogens with zero attached hydrogens (tertiary/aromatic N) is 2. The maximum atomic E-state index is 4.48. The van der Waals surface area contributed by atoms with Crippen molar-refractivity contribution in [3.63, 3.8) is 0 Å². The van der Waals surface area contributed by atoms with Crippen LogP contribution in [0.2, 0.25) is 0 Å². The molecule has 1 unspecified atom stereocenters. The van der Waals surface area contributed by atoms with Crippen molar-refractivity contribution in [3.8, 4) is 0 Å². The average molecular weight is 241 g/mol. The highest BCUT2D eigenvalue weighted by atomic mass is 32.1. The van der Waals surface area contributed by atoms with Gasteiger partial charge in [0, 0.05) is 30.1 Å². The molecule has 0 aromatic carbocycles. The maximum absolute atomic E-state index is 4.48. The molecule has 0 aliphatic carbocycles. The van der Waals surface area contributed by atoms with Crippen LogP contribution in [0.1, 0.15) is 36.7 Å². The third-order valence-corrected chi connectivity index (χ3v) is 4.21. The zero-order valence-electron chi connectivity index (χ0n) is 10.8. The van der Waals surface area contributed by atoms with E-state index in [0.717, 1.165) is 26.1 Å². The van der Waals surface area contributed by atoms with Gasteiger partial charge in [-0.2, -0.15) is 0 Å². The van der Waals surface area contributed by atoms with E-state index in [1.807, 2.05) is 24.6 Å². The number of rotatable bonds is 7. The van der Waals surface area contributed by atoms with Crippen molar-refractivity contribution in [2.75, 3.05) is 26.7 Å². The molecule has 0 saturated carbocycles. The fourth-order valence-electron chi connectivity index (χ4n) is 1.58. The summed E-state index contributed by atoms with van der Waals surface area (Å²) in [5.41, 5.74) is 0. The van der Waals surface area contributed by atoms with Crippen LogP contribution in [-0.4, -0.2) is 36.6 Å². The normalized spacial score (nSPS) is 13.3. The van der Waals surface area contributed by atoms with Crippen molar-refractivity contribution in [3.05, 3.63) is 16.1 Å². The predicted octanol–water partition coefficient (Wildman–Crippen LogP) is 2.31. The van der Waals surface area contributed by atoms with E-state index in [1.54, 1.807) is 0 Å². The molecule has 1 aromatic heterocycles. The highest BCUT2D eigenvalue weighted by Gasteiger charge is 2.08.